The van der Waals surface area contributed by atoms with E-state index in [-0.39, 0.29) is 37.2 Å². The van der Waals surface area contributed by atoms with E-state index in [9.17, 15) is 4.39 Å². The second-order valence-corrected chi connectivity index (χ2v) is 6.34. The summed E-state index contributed by atoms with van der Waals surface area (Å²) in [6, 6.07) is 13.9. The molecule has 0 saturated carbocycles. The topological polar surface area (TPSA) is 43.4 Å². The third-order valence-corrected chi connectivity index (χ3v) is 4.39. The number of benzene rings is 2. The lowest BCUT2D eigenvalue weighted by Crippen LogP contribution is -2.14. The molecule has 0 aliphatic heterocycles. The molecule has 0 saturated heterocycles. The molecular formula is C21H22Cl3FN2O2. The lowest BCUT2D eigenvalue weighted by molar-refractivity contribution is 0.280. The molecule has 156 valence electrons. The van der Waals surface area contributed by atoms with E-state index in [1.165, 1.54) is 12.1 Å². The van der Waals surface area contributed by atoms with Crippen molar-refractivity contribution in [2.24, 2.45) is 0 Å². The number of halogens is 4. The minimum Gasteiger partial charge on any atom is -0.493 e. The van der Waals surface area contributed by atoms with Gasteiger partial charge in [0.1, 0.15) is 12.4 Å². The number of nitrogens with zero attached hydrogens (tertiary/aromatic N) is 1. The fourth-order valence-corrected chi connectivity index (χ4v) is 2.88. The summed E-state index contributed by atoms with van der Waals surface area (Å²) < 4.78 is 24.6. The molecule has 1 N–H and O–H groups in total. The minimum atomic E-state index is -0.374. The Morgan fingerprint density at radius 3 is 2.55 bits per heavy atom. The van der Waals surface area contributed by atoms with Gasteiger partial charge >= 0.3 is 0 Å². The Kier molecular flexibility index (Phi) is 10.8. The van der Waals surface area contributed by atoms with Crippen molar-refractivity contribution in [3.8, 4) is 11.5 Å². The molecule has 0 radical (unpaired) electrons. The van der Waals surface area contributed by atoms with Crippen molar-refractivity contribution in [1.82, 2.24) is 10.3 Å². The zero-order valence-electron chi connectivity index (χ0n) is 15.7. The van der Waals surface area contributed by atoms with Crippen LogP contribution in [0.25, 0.3) is 0 Å². The molecule has 3 rings (SSSR count). The average molecular weight is 460 g/mol. The van der Waals surface area contributed by atoms with Crippen molar-refractivity contribution in [3.63, 3.8) is 0 Å². The Bertz CT molecular complexity index is 898. The first-order chi connectivity index (χ1) is 13.2. The maximum atomic E-state index is 13.2. The van der Waals surface area contributed by atoms with Gasteiger partial charge in [-0.15, -0.1) is 24.8 Å². The van der Waals surface area contributed by atoms with Gasteiger partial charge in [-0.05, 0) is 29.8 Å². The molecule has 0 bridgehead atoms. The molecule has 0 spiro atoms. The van der Waals surface area contributed by atoms with E-state index in [1.807, 2.05) is 36.5 Å². The summed E-state index contributed by atoms with van der Waals surface area (Å²) in [5.41, 5.74) is 2.76. The van der Waals surface area contributed by atoms with Gasteiger partial charge < -0.3 is 14.8 Å². The van der Waals surface area contributed by atoms with Gasteiger partial charge in [0.25, 0.3) is 0 Å². The lowest BCUT2D eigenvalue weighted by atomic mass is 10.1. The van der Waals surface area contributed by atoms with Crippen LogP contribution in [0.3, 0.4) is 0 Å². The molecule has 29 heavy (non-hydrogen) atoms. The standard InChI is InChI=1S/C21H20ClFN2O2.2ClH/c1-26-20-6-2-5-16(13-25-12-15-4-3-9-24-11-15)21(20)27-14-17-7-8-18(23)10-19(17)22;;/h2-11,25H,12-14H2,1H3;2*1H. The highest BCUT2D eigenvalue weighted by atomic mass is 35.5. The normalized spacial score (nSPS) is 9.90. The highest BCUT2D eigenvalue weighted by Gasteiger charge is 2.12. The first kappa shape index (κ1) is 25.0. The monoisotopic (exact) mass is 458 g/mol. The minimum absolute atomic E-state index is 0. The number of hydrogen-bond acceptors (Lipinski definition) is 4. The van der Waals surface area contributed by atoms with Crippen molar-refractivity contribution < 1.29 is 13.9 Å². The predicted molar refractivity (Wildman–Crippen MR) is 118 cm³/mol. The molecule has 1 aromatic heterocycles. The summed E-state index contributed by atoms with van der Waals surface area (Å²) in [6.45, 7) is 1.50. The Balaban J connectivity index is 0.00000210. The maximum absolute atomic E-state index is 13.2. The van der Waals surface area contributed by atoms with Gasteiger partial charge in [-0.1, -0.05) is 35.9 Å². The van der Waals surface area contributed by atoms with Crippen LogP contribution in [0.4, 0.5) is 4.39 Å². The van der Waals surface area contributed by atoms with E-state index in [2.05, 4.69) is 10.3 Å². The van der Waals surface area contributed by atoms with Crippen molar-refractivity contribution in [2.75, 3.05) is 7.11 Å². The van der Waals surface area contributed by atoms with E-state index >= 15 is 0 Å². The third kappa shape index (κ3) is 7.05. The second-order valence-electron chi connectivity index (χ2n) is 5.94. The Morgan fingerprint density at radius 1 is 1.03 bits per heavy atom. The quantitative estimate of drug-likeness (QED) is 0.476. The fraction of sp³-hybridized carbons (Fsp3) is 0.190. The number of para-hydroxylation sites is 1. The van der Waals surface area contributed by atoms with Gasteiger partial charge in [0.15, 0.2) is 11.5 Å². The van der Waals surface area contributed by atoms with E-state index < -0.39 is 0 Å². The molecule has 4 nitrogen and oxygen atoms in total. The summed E-state index contributed by atoms with van der Waals surface area (Å²) in [7, 11) is 1.60. The summed E-state index contributed by atoms with van der Waals surface area (Å²) in [5.74, 6) is 0.898. The van der Waals surface area contributed by atoms with Gasteiger partial charge in [0, 0.05) is 36.6 Å². The second kappa shape index (κ2) is 12.5. The van der Waals surface area contributed by atoms with E-state index in [1.54, 1.807) is 19.4 Å². The first-order valence-corrected chi connectivity index (χ1v) is 8.87. The summed E-state index contributed by atoms with van der Waals surface area (Å²) in [5, 5.41) is 3.71. The van der Waals surface area contributed by atoms with Crippen molar-refractivity contribution in [3.05, 3.63) is 88.5 Å². The molecule has 2 aromatic carbocycles. The number of methoxy groups -OCH3 is 1. The van der Waals surface area contributed by atoms with Gasteiger partial charge in [-0.3, -0.25) is 4.98 Å². The lowest BCUT2D eigenvalue weighted by Gasteiger charge is -2.16. The molecule has 0 amide bonds. The van der Waals surface area contributed by atoms with Gasteiger partial charge in [0.2, 0.25) is 0 Å². The van der Waals surface area contributed by atoms with E-state index in [4.69, 9.17) is 21.1 Å². The van der Waals surface area contributed by atoms with E-state index in [0.29, 0.717) is 35.2 Å². The van der Waals surface area contributed by atoms with Crippen LogP contribution in [-0.2, 0) is 19.7 Å². The first-order valence-electron chi connectivity index (χ1n) is 8.49. The van der Waals surface area contributed by atoms with Crippen LogP contribution < -0.4 is 14.8 Å². The summed E-state index contributed by atoms with van der Waals surface area (Å²) in [6.07, 6.45) is 3.57. The molecule has 8 heteroatoms. The average Bonchev–Trinajstić information content (AvgIpc) is 2.68. The number of nitrogens with one attached hydrogen (secondary N) is 1. The fourth-order valence-electron chi connectivity index (χ4n) is 2.66. The number of pyridine rings is 1. The summed E-state index contributed by atoms with van der Waals surface area (Å²) >= 11 is 6.09. The number of hydrogen-bond donors (Lipinski definition) is 1. The van der Waals surface area contributed by atoms with Crippen LogP contribution >= 0.6 is 36.4 Å². The van der Waals surface area contributed by atoms with E-state index in [0.717, 1.165) is 11.1 Å². The molecule has 0 atom stereocenters. The predicted octanol–water partition coefficient (Wildman–Crippen LogP) is 5.60. The number of rotatable bonds is 8. The molecule has 0 aliphatic carbocycles. The van der Waals surface area contributed by atoms with Gasteiger partial charge in [0.05, 0.1) is 12.1 Å². The zero-order chi connectivity index (χ0) is 19.1. The highest BCUT2D eigenvalue weighted by Crippen LogP contribution is 2.32. The molecule has 0 aliphatic rings. The van der Waals surface area contributed by atoms with Crippen LogP contribution in [0, 0.1) is 5.82 Å². The molecule has 0 unspecified atom stereocenters. The molecule has 3 aromatic rings. The van der Waals surface area contributed by atoms with Crippen molar-refractivity contribution >= 4 is 36.4 Å². The molecule has 0 fully saturated rings. The molecule has 1 heterocycles. The maximum Gasteiger partial charge on any atom is 0.166 e. The Hall–Kier alpha value is -2.05. The highest BCUT2D eigenvalue weighted by molar-refractivity contribution is 6.31. The Labute approximate surface area is 187 Å². The smallest absolute Gasteiger partial charge is 0.166 e. The molecular weight excluding hydrogens is 438 g/mol. The summed E-state index contributed by atoms with van der Waals surface area (Å²) in [4.78, 5) is 4.11. The van der Waals surface area contributed by atoms with Crippen molar-refractivity contribution in [2.45, 2.75) is 19.7 Å². The van der Waals surface area contributed by atoms with Crippen LogP contribution in [-0.4, -0.2) is 12.1 Å². The van der Waals surface area contributed by atoms with Crippen LogP contribution in [0.2, 0.25) is 5.02 Å². The van der Waals surface area contributed by atoms with Gasteiger partial charge in [-0.25, -0.2) is 4.39 Å². The largest absolute Gasteiger partial charge is 0.493 e. The van der Waals surface area contributed by atoms with Crippen LogP contribution in [0.15, 0.2) is 60.9 Å². The number of ether oxygens (including phenoxy) is 2. The number of aromatic nitrogens is 1. The van der Waals surface area contributed by atoms with Gasteiger partial charge in [-0.2, -0.15) is 0 Å². The van der Waals surface area contributed by atoms with Crippen LogP contribution in [0.5, 0.6) is 11.5 Å². The Morgan fingerprint density at radius 2 is 1.86 bits per heavy atom. The third-order valence-electron chi connectivity index (χ3n) is 4.03. The SMILES string of the molecule is COc1cccc(CNCc2cccnc2)c1OCc1ccc(F)cc1Cl.Cl.Cl. The van der Waals surface area contributed by atoms with Crippen molar-refractivity contribution in [1.29, 1.82) is 0 Å². The zero-order valence-corrected chi connectivity index (χ0v) is 18.1. The van der Waals surface area contributed by atoms with Crippen LogP contribution in [0.1, 0.15) is 16.7 Å².